The average Bonchev–Trinajstić information content (AvgIpc) is 3.25. The number of hydrogen-bond donors (Lipinski definition) is 2. The van der Waals surface area contributed by atoms with E-state index in [1.54, 1.807) is 12.1 Å². The van der Waals surface area contributed by atoms with Gasteiger partial charge in [-0.1, -0.05) is 30.0 Å². The third kappa shape index (κ3) is 6.49. The molecule has 1 aliphatic rings. The Kier molecular flexibility index (Phi) is 8.55. The van der Waals surface area contributed by atoms with Crippen molar-refractivity contribution in [2.75, 3.05) is 16.7 Å². The van der Waals surface area contributed by atoms with Crippen LogP contribution in [0.4, 0.5) is 20.6 Å². The molecule has 0 bridgehead atoms. The number of esters is 1. The number of anilines is 2. The first-order valence-corrected chi connectivity index (χ1v) is 14.2. The molecule has 1 unspecified atom stereocenters. The summed E-state index contributed by atoms with van der Waals surface area (Å²) in [7, 11) is -2.88. The molecule has 1 aliphatic heterocycles. The summed E-state index contributed by atoms with van der Waals surface area (Å²) in [6.07, 6.45) is 0.259. The highest BCUT2D eigenvalue weighted by atomic mass is 32.2. The van der Waals surface area contributed by atoms with Crippen molar-refractivity contribution >= 4 is 56.2 Å². The molecule has 13 heteroatoms. The van der Waals surface area contributed by atoms with Crippen molar-refractivity contribution in [1.29, 1.82) is 0 Å². The quantitative estimate of drug-likeness (QED) is 0.362. The van der Waals surface area contributed by atoms with Gasteiger partial charge in [0.2, 0.25) is 5.91 Å². The van der Waals surface area contributed by atoms with E-state index in [-0.39, 0.29) is 34.2 Å². The van der Waals surface area contributed by atoms with Gasteiger partial charge in [0.15, 0.2) is 0 Å². The van der Waals surface area contributed by atoms with Gasteiger partial charge in [0, 0.05) is 16.9 Å². The monoisotopic (exact) mass is 585 g/mol. The van der Waals surface area contributed by atoms with E-state index >= 15 is 0 Å². The van der Waals surface area contributed by atoms with Crippen LogP contribution in [0.3, 0.4) is 0 Å². The zero-order chi connectivity index (χ0) is 29.0. The molecule has 3 amide bonds. The standard InChI is InChI=1S/C27H24FN3O7S2/c1-16(26(34)38-2)31(21-10-8-19(28)9-11-21)25(33)18-4-3-5-20(15-18)30-40(36,37)22-12-6-17(7-13-22)14-23-24(32)29-27(35)39-23/h3-13,15-16,23,30H,14H2,1-2H3,(H,29,32,35)/t16-,23?/m0/s1. The molecule has 3 aromatic carbocycles. The number of ether oxygens (including phenoxy) is 1. The number of amides is 3. The minimum atomic E-state index is -4.06. The first-order valence-electron chi connectivity index (χ1n) is 11.9. The molecule has 1 heterocycles. The van der Waals surface area contributed by atoms with Gasteiger partial charge in [-0.05, 0) is 73.5 Å². The molecule has 0 saturated carbocycles. The number of nitrogens with zero attached hydrogens (tertiary/aromatic N) is 1. The lowest BCUT2D eigenvalue weighted by atomic mass is 10.1. The molecule has 0 aromatic heterocycles. The maximum Gasteiger partial charge on any atom is 0.328 e. The zero-order valence-corrected chi connectivity index (χ0v) is 22.9. The van der Waals surface area contributed by atoms with Crippen LogP contribution < -0.4 is 14.9 Å². The first kappa shape index (κ1) is 28.8. The molecule has 40 heavy (non-hydrogen) atoms. The molecule has 0 aliphatic carbocycles. The van der Waals surface area contributed by atoms with Crippen LogP contribution >= 0.6 is 11.8 Å². The Morgan fingerprint density at radius 3 is 2.35 bits per heavy atom. The van der Waals surface area contributed by atoms with Crippen molar-refractivity contribution in [2.45, 2.75) is 29.5 Å². The summed E-state index contributed by atoms with van der Waals surface area (Å²) in [4.78, 5) is 50.0. The van der Waals surface area contributed by atoms with Crippen molar-refractivity contribution in [2.24, 2.45) is 0 Å². The first-order chi connectivity index (χ1) is 19.0. The van der Waals surface area contributed by atoms with E-state index in [1.807, 2.05) is 0 Å². The Labute approximate surface area is 233 Å². The van der Waals surface area contributed by atoms with Crippen molar-refractivity contribution in [3.05, 3.63) is 89.7 Å². The summed E-state index contributed by atoms with van der Waals surface area (Å²) in [5, 5.41) is 1.21. The predicted octanol–water partition coefficient (Wildman–Crippen LogP) is 3.73. The fraction of sp³-hybridized carbons (Fsp3) is 0.185. The average molecular weight is 586 g/mol. The number of methoxy groups -OCH3 is 1. The number of carbonyl (C=O) groups is 4. The Hall–Kier alpha value is -4.23. The molecular weight excluding hydrogens is 561 g/mol. The minimum Gasteiger partial charge on any atom is -0.467 e. The highest BCUT2D eigenvalue weighted by Gasteiger charge is 2.32. The van der Waals surface area contributed by atoms with Gasteiger partial charge in [0.05, 0.1) is 17.3 Å². The van der Waals surface area contributed by atoms with Crippen LogP contribution in [0.5, 0.6) is 0 Å². The number of imide groups is 1. The van der Waals surface area contributed by atoms with Gasteiger partial charge >= 0.3 is 5.97 Å². The molecule has 3 aromatic rings. The number of thioether (sulfide) groups is 1. The largest absolute Gasteiger partial charge is 0.467 e. The second-order valence-corrected chi connectivity index (χ2v) is 11.6. The fourth-order valence-corrected chi connectivity index (χ4v) is 5.92. The summed E-state index contributed by atoms with van der Waals surface area (Å²) in [5.74, 6) is -2.25. The summed E-state index contributed by atoms with van der Waals surface area (Å²) in [5.41, 5.74) is 1.08. The third-order valence-corrected chi connectivity index (χ3v) is 8.42. The van der Waals surface area contributed by atoms with Crippen LogP contribution in [0.15, 0.2) is 77.7 Å². The highest BCUT2D eigenvalue weighted by molar-refractivity contribution is 8.15. The normalized spacial score (nSPS) is 15.7. The second-order valence-electron chi connectivity index (χ2n) is 8.77. The molecule has 2 atom stereocenters. The molecule has 2 N–H and O–H groups in total. The zero-order valence-electron chi connectivity index (χ0n) is 21.3. The van der Waals surface area contributed by atoms with Gasteiger partial charge in [0.25, 0.3) is 21.2 Å². The van der Waals surface area contributed by atoms with E-state index in [4.69, 9.17) is 4.74 Å². The molecule has 4 rings (SSSR count). The summed E-state index contributed by atoms with van der Waals surface area (Å²) in [6.45, 7) is 1.46. The van der Waals surface area contributed by atoms with E-state index in [1.165, 1.54) is 62.6 Å². The maximum atomic E-state index is 13.5. The highest BCUT2D eigenvalue weighted by Crippen LogP contribution is 2.26. The van der Waals surface area contributed by atoms with Crippen LogP contribution in [-0.4, -0.2) is 49.8 Å². The van der Waals surface area contributed by atoms with Gasteiger partial charge in [-0.3, -0.25) is 29.3 Å². The summed E-state index contributed by atoms with van der Waals surface area (Å²) >= 11 is 0.886. The molecule has 1 fully saturated rings. The number of carbonyl (C=O) groups excluding carboxylic acids is 4. The predicted molar refractivity (Wildman–Crippen MR) is 147 cm³/mol. The molecule has 0 spiro atoms. The number of sulfonamides is 1. The van der Waals surface area contributed by atoms with E-state index in [9.17, 15) is 32.0 Å². The number of rotatable bonds is 9. The van der Waals surface area contributed by atoms with Gasteiger partial charge in [0.1, 0.15) is 11.9 Å². The molecule has 208 valence electrons. The van der Waals surface area contributed by atoms with Crippen LogP contribution in [0.1, 0.15) is 22.8 Å². The molecule has 0 radical (unpaired) electrons. The summed E-state index contributed by atoms with van der Waals surface area (Å²) < 4.78 is 46.8. The van der Waals surface area contributed by atoms with E-state index in [0.29, 0.717) is 5.56 Å². The van der Waals surface area contributed by atoms with Gasteiger partial charge in [-0.2, -0.15) is 0 Å². The Morgan fingerprint density at radius 2 is 1.75 bits per heavy atom. The Morgan fingerprint density at radius 1 is 1.07 bits per heavy atom. The smallest absolute Gasteiger partial charge is 0.328 e. The van der Waals surface area contributed by atoms with Crippen molar-refractivity contribution in [3.63, 3.8) is 0 Å². The van der Waals surface area contributed by atoms with E-state index in [2.05, 4.69) is 10.0 Å². The number of halogens is 1. The molecule has 10 nitrogen and oxygen atoms in total. The fourth-order valence-electron chi connectivity index (χ4n) is 4.01. The van der Waals surface area contributed by atoms with E-state index in [0.717, 1.165) is 28.8 Å². The minimum absolute atomic E-state index is 0.0557. The lowest BCUT2D eigenvalue weighted by molar-refractivity contribution is -0.141. The number of nitrogens with one attached hydrogen (secondary N) is 2. The van der Waals surface area contributed by atoms with Crippen molar-refractivity contribution in [1.82, 2.24) is 5.32 Å². The van der Waals surface area contributed by atoms with Crippen LogP contribution in [0, 0.1) is 5.82 Å². The molecule has 1 saturated heterocycles. The van der Waals surface area contributed by atoms with E-state index < -0.39 is 44.2 Å². The van der Waals surface area contributed by atoms with Crippen molar-refractivity contribution in [3.8, 4) is 0 Å². The second kappa shape index (κ2) is 11.9. The Bertz CT molecular complexity index is 1560. The number of hydrogen-bond acceptors (Lipinski definition) is 8. The lowest BCUT2D eigenvalue weighted by Gasteiger charge is -2.28. The Balaban J connectivity index is 1.54. The maximum absolute atomic E-state index is 13.5. The SMILES string of the molecule is COC(=O)[C@H](C)N(C(=O)c1cccc(NS(=O)(=O)c2ccc(CC3SC(=O)NC3=O)cc2)c1)c1ccc(F)cc1. The topological polar surface area (TPSA) is 139 Å². The van der Waals surface area contributed by atoms with Gasteiger partial charge in [-0.25, -0.2) is 17.6 Å². The number of benzene rings is 3. The van der Waals surface area contributed by atoms with Gasteiger partial charge in [-0.15, -0.1) is 0 Å². The van der Waals surface area contributed by atoms with Crippen LogP contribution in [0.25, 0.3) is 0 Å². The van der Waals surface area contributed by atoms with Crippen molar-refractivity contribution < 1.29 is 36.7 Å². The summed E-state index contributed by atoms with van der Waals surface area (Å²) in [6, 6.07) is 15.5. The van der Waals surface area contributed by atoms with Crippen LogP contribution in [-0.2, 0) is 30.8 Å². The lowest BCUT2D eigenvalue weighted by Crippen LogP contribution is -2.44. The molecular formula is C27H24FN3O7S2. The third-order valence-electron chi connectivity index (χ3n) is 6.04. The van der Waals surface area contributed by atoms with Gasteiger partial charge < -0.3 is 4.74 Å². The van der Waals surface area contributed by atoms with Crippen LogP contribution in [0.2, 0.25) is 0 Å².